The summed E-state index contributed by atoms with van der Waals surface area (Å²) in [7, 11) is 1.43. The summed E-state index contributed by atoms with van der Waals surface area (Å²) >= 11 is 1.29. The molecule has 2 N–H and O–H groups in total. The van der Waals surface area contributed by atoms with Crippen LogP contribution in [0.25, 0.3) is 0 Å². The van der Waals surface area contributed by atoms with Crippen LogP contribution in [0.3, 0.4) is 0 Å². The number of carbonyl (C=O) groups is 4. The van der Waals surface area contributed by atoms with Crippen molar-refractivity contribution < 1.29 is 38.1 Å². The summed E-state index contributed by atoms with van der Waals surface area (Å²) in [6, 6.07) is 11.4. The van der Waals surface area contributed by atoms with E-state index in [0.29, 0.717) is 34.0 Å². The first-order chi connectivity index (χ1) is 21.3. The van der Waals surface area contributed by atoms with E-state index < -0.39 is 23.8 Å². The van der Waals surface area contributed by atoms with Crippen LogP contribution in [0, 0.1) is 0 Å². The Morgan fingerprint density at radius 2 is 1.73 bits per heavy atom. The maximum atomic E-state index is 12.7. The lowest BCUT2D eigenvalue weighted by molar-refractivity contribution is -0.136. The Kier molecular flexibility index (Phi) is 11.5. The zero-order chi connectivity index (χ0) is 31.5. The fourth-order valence-electron chi connectivity index (χ4n) is 4.48. The fourth-order valence-corrected chi connectivity index (χ4v) is 5.75. The number of aryl methyl sites for hydroxylation is 1. The highest BCUT2D eigenvalue weighted by atomic mass is 32.1. The third-order valence-electron chi connectivity index (χ3n) is 6.71. The van der Waals surface area contributed by atoms with Crippen molar-refractivity contribution in [2.24, 2.45) is 5.10 Å². The number of nitrogens with one attached hydrogen (secondary N) is 2. The highest BCUT2D eigenvalue weighted by Crippen LogP contribution is 2.38. The highest BCUT2D eigenvalue weighted by Gasteiger charge is 2.28. The molecule has 0 spiro atoms. The first-order valence-electron chi connectivity index (χ1n) is 14.4. The molecule has 0 aliphatic heterocycles. The maximum Gasteiger partial charge on any atom is 0.343 e. The zero-order valence-electron chi connectivity index (χ0n) is 24.9. The minimum absolute atomic E-state index is 0.192. The number of nitrogens with zero attached hydrogens (tertiary/aromatic N) is 1. The van der Waals surface area contributed by atoms with Crippen molar-refractivity contribution >= 4 is 46.3 Å². The van der Waals surface area contributed by atoms with Crippen LogP contribution in [0.1, 0.15) is 76.3 Å². The molecule has 12 heteroatoms. The normalized spacial score (nSPS) is 12.2. The van der Waals surface area contributed by atoms with Gasteiger partial charge in [-0.3, -0.25) is 9.59 Å². The molecule has 1 aromatic heterocycles. The number of methoxy groups -OCH3 is 1. The maximum absolute atomic E-state index is 12.7. The summed E-state index contributed by atoms with van der Waals surface area (Å²) in [6.07, 6.45) is 6.75. The van der Waals surface area contributed by atoms with Crippen molar-refractivity contribution in [2.75, 3.05) is 25.6 Å². The molecule has 232 valence electrons. The minimum Gasteiger partial charge on any atom is -0.494 e. The van der Waals surface area contributed by atoms with Crippen molar-refractivity contribution in [1.29, 1.82) is 0 Å². The fraction of sp³-hybridized carbons (Fsp3) is 0.344. The van der Waals surface area contributed by atoms with E-state index in [1.165, 1.54) is 30.7 Å². The number of carbonyl (C=O) groups excluding carboxylic acids is 4. The molecule has 0 unspecified atom stereocenters. The summed E-state index contributed by atoms with van der Waals surface area (Å²) in [4.78, 5) is 51.4. The van der Waals surface area contributed by atoms with Gasteiger partial charge in [-0.15, -0.1) is 11.3 Å². The molecular formula is C32H35N3O8S. The lowest BCUT2D eigenvalue weighted by Crippen LogP contribution is -2.32. The van der Waals surface area contributed by atoms with Gasteiger partial charge in [0.2, 0.25) is 0 Å². The second-order valence-corrected chi connectivity index (χ2v) is 10.9. The molecule has 1 aliphatic carbocycles. The van der Waals surface area contributed by atoms with E-state index in [4.69, 9.17) is 18.9 Å². The molecule has 0 bridgehead atoms. The molecule has 0 saturated heterocycles. The van der Waals surface area contributed by atoms with Gasteiger partial charge in [0, 0.05) is 4.88 Å². The third-order valence-corrected chi connectivity index (χ3v) is 7.92. The molecule has 4 rings (SSSR count). The first-order valence-corrected chi connectivity index (χ1v) is 15.2. The Hall–Kier alpha value is -4.71. The molecule has 44 heavy (non-hydrogen) atoms. The van der Waals surface area contributed by atoms with Crippen LogP contribution in [0.15, 0.2) is 47.6 Å². The molecule has 0 atom stereocenters. The largest absolute Gasteiger partial charge is 0.494 e. The number of anilines is 1. The van der Waals surface area contributed by atoms with Gasteiger partial charge in [0.05, 0.1) is 37.7 Å². The standard InChI is InChI=1S/C32H35N3O8S/c1-4-6-17-42-22-14-12-21(13-15-22)31(38)43-24-16-11-20(18-25(24)40-3)19-33-35-29(37)28(36)34-30-27(32(39)41-5-2)23-9-7-8-10-26(23)44-30/h11-16,18-19H,4-10,17H2,1-3H3,(H,34,36)(H,35,37)/b33-19-. The van der Waals surface area contributed by atoms with Crippen molar-refractivity contribution in [2.45, 2.75) is 52.4 Å². The van der Waals surface area contributed by atoms with Gasteiger partial charge in [-0.1, -0.05) is 13.3 Å². The Morgan fingerprint density at radius 3 is 2.45 bits per heavy atom. The molecule has 0 saturated carbocycles. The number of hydrogen-bond acceptors (Lipinski definition) is 10. The molecular weight excluding hydrogens is 586 g/mol. The molecule has 2 aromatic carbocycles. The molecule has 1 aliphatic rings. The second-order valence-electron chi connectivity index (χ2n) is 9.81. The van der Waals surface area contributed by atoms with Gasteiger partial charge in [0.25, 0.3) is 0 Å². The monoisotopic (exact) mass is 621 g/mol. The first kappa shape index (κ1) is 32.2. The van der Waals surface area contributed by atoms with Gasteiger partial charge < -0.3 is 24.3 Å². The number of thiophene rings is 1. The van der Waals surface area contributed by atoms with Gasteiger partial charge in [-0.2, -0.15) is 5.10 Å². The molecule has 11 nitrogen and oxygen atoms in total. The van der Waals surface area contributed by atoms with E-state index in [9.17, 15) is 19.2 Å². The number of ether oxygens (including phenoxy) is 4. The average molecular weight is 622 g/mol. The van der Waals surface area contributed by atoms with Gasteiger partial charge in [0.1, 0.15) is 10.8 Å². The third kappa shape index (κ3) is 8.22. The molecule has 0 fully saturated rings. The van der Waals surface area contributed by atoms with E-state index >= 15 is 0 Å². The summed E-state index contributed by atoms with van der Waals surface area (Å²) in [5.74, 6) is -1.94. The lowest BCUT2D eigenvalue weighted by atomic mass is 9.95. The minimum atomic E-state index is -1.01. The summed E-state index contributed by atoms with van der Waals surface area (Å²) in [5, 5.41) is 6.70. The Labute approximate surface area is 259 Å². The van der Waals surface area contributed by atoms with E-state index in [1.807, 2.05) is 0 Å². The van der Waals surface area contributed by atoms with E-state index in [0.717, 1.165) is 49.0 Å². The molecule has 1 heterocycles. The summed E-state index contributed by atoms with van der Waals surface area (Å²) in [6.45, 7) is 4.60. The number of esters is 2. The van der Waals surface area contributed by atoms with E-state index in [-0.39, 0.29) is 18.1 Å². The van der Waals surface area contributed by atoms with E-state index in [2.05, 4.69) is 22.8 Å². The topological polar surface area (TPSA) is 142 Å². The Bertz CT molecular complexity index is 1530. The van der Waals surface area contributed by atoms with Crippen LogP contribution in [0.2, 0.25) is 0 Å². The SMILES string of the molecule is CCCCOc1ccc(C(=O)Oc2ccc(/C=N\NC(=O)C(=O)Nc3sc4c(c3C(=O)OCC)CCCC4)cc2OC)cc1. The second kappa shape index (κ2) is 15.7. The number of unbranched alkanes of at least 4 members (excludes halogenated alkanes) is 1. The summed E-state index contributed by atoms with van der Waals surface area (Å²) in [5.41, 5.74) is 4.23. The van der Waals surface area contributed by atoms with Crippen LogP contribution < -0.4 is 25.0 Å². The van der Waals surface area contributed by atoms with E-state index in [1.54, 1.807) is 43.3 Å². The summed E-state index contributed by atoms with van der Waals surface area (Å²) < 4.78 is 21.7. The van der Waals surface area contributed by atoms with Crippen molar-refractivity contribution in [3.8, 4) is 17.2 Å². The Balaban J connectivity index is 1.35. The van der Waals surface area contributed by atoms with Crippen LogP contribution in [-0.4, -0.2) is 50.3 Å². The number of hydrazone groups is 1. The highest BCUT2D eigenvalue weighted by molar-refractivity contribution is 7.17. The van der Waals surface area contributed by atoms with Crippen LogP contribution >= 0.6 is 11.3 Å². The van der Waals surface area contributed by atoms with Gasteiger partial charge in [-0.25, -0.2) is 15.0 Å². The molecule has 2 amide bonds. The zero-order valence-corrected chi connectivity index (χ0v) is 25.7. The number of rotatable bonds is 12. The van der Waals surface area contributed by atoms with Crippen LogP contribution in [0.5, 0.6) is 17.2 Å². The van der Waals surface area contributed by atoms with Crippen LogP contribution in [0.4, 0.5) is 5.00 Å². The van der Waals surface area contributed by atoms with Gasteiger partial charge >= 0.3 is 23.8 Å². The molecule has 3 aromatic rings. The van der Waals surface area contributed by atoms with Crippen molar-refractivity contribution in [1.82, 2.24) is 5.43 Å². The quantitative estimate of drug-likeness (QED) is 0.0693. The lowest BCUT2D eigenvalue weighted by Gasteiger charge is -2.12. The van der Waals surface area contributed by atoms with Crippen molar-refractivity contribution in [3.63, 3.8) is 0 Å². The van der Waals surface area contributed by atoms with Gasteiger partial charge in [-0.05, 0) is 92.6 Å². The van der Waals surface area contributed by atoms with Crippen molar-refractivity contribution in [3.05, 3.63) is 69.6 Å². The predicted octanol–water partition coefficient (Wildman–Crippen LogP) is 5.30. The van der Waals surface area contributed by atoms with Gasteiger partial charge in [0.15, 0.2) is 11.5 Å². The predicted molar refractivity (Wildman–Crippen MR) is 166 cm³/mol. The number of amides is 2. The number of fused-ring (bicyclic) bond motifs is 1. The number of hydrogen-bond donors (Lipinski definition) is 2. The molecule has 0 radical (unpaired) electrons. The van der Waals surface area contributed by atoms with Crippen LogP contribution in [-0.2, 0) is 27.2 Å². The Morgan fingerprint density at radius 1 is 0.955 bits per heavy atom. The smallest absolute Gasteiger partial charge is 0.343 e. The average Bonchev–Trinajstić information content (AvgIpc) is 3.40. The number of benzene rings is 2.